The Balaban J connectivity index is 1.93. The van der Waals surface area contributed by atoms with Crippen molar-refractivity contribution in [2.45, 2.75) is 26.3 Å². The van der Waals surface area contributed by atoms with Crippen LogP contribution < -0.4 is 15.6 Å². The first kappa shape index (κ1) is 23.1. The summed E-state index contributed by atoms with van der Waals surface area (Å²) < 4.78 is 6.82. The molecule has 0 saturated carbocycles. The van der Waals surface area contributed by atoms with Gasteiger partial charge < -0.3 is 15.2 Å². The summed E-state index contributed by atoms with van der Waals surface area (Å²) in [6, 6.07) is 11.9. The minimum absolute atomic E-state index is 0.111. The van der Waals surface area contributed by atoms with Crippen LogP contribution in [0.3, 0.4) is 0 Å². The predicted molar refractivity (Wildman–Crippen MR) is 124 cm³/mol. The van der Waals surface area contributed by atoms with Crippen LogP contribution in [-0.4, -0.2) is 28.7 Å². The number of rotatable bonds is 7. The molecule has 0 unspecified atom stereocenters. The van der Waals surface area contributed by atoms with Gasteiger partial charge in [0, 0.05) is 22.3 Å². The standard InChI is InChI=1S/C24H23ClN2O5/c1-4-15-5-8-17(25)11-19(15)20-12-22(28)27(13-21(20)32-3)14(2)23(29)26-18-9-6-16(7-10-18)24(30)31/h5-14H,4H2,1-3H3,(H,26,29)(H,30,31)/t14-/m1/s1. The summed E-state index contributed by atoms with van der Waals surface area (Å²) in [5.41, 5.74) is 2.59. The van der Waals surface area contributed by atoms with Crippen molar-refractivity contribution >= 4 is 29.2 Å². The molecule has 0 saturated heterocycles. The van der Waals surface area contributed by atoms with Gasteiger partial charge in [-0.2, -0.15) is 0 Å². The highest BCUT2D eigenvalue weighted by molar-refractivity contribution is 6.30. The molecule has 0 aliphatic carbocycles. The van der Waals surface area contributed by atoms with Crippen molar-refractivity contribution in [1.82, 2.24) is 4.57 Å². The molecule has 1 amide bonds. The summed E-state index contributed by atoms with van der Waals surface area (Å²) in [5, 5.41) is 12.2. The maximum atomic E-state index is 12.9. The van der Waals surface area contributed by atoms with Crippen LogP contribution in [0.25, 0.3) is 11.1 Å². The van der Waals surface area contributed by atoms with Gasteiger partial charge in [-0.1, -0.05) is 24.6 Å². The summed E-state index contributed by atoms with van der Waals surface area (Å²) in [7, 11) is 1.50. The molecule has 32 heavy (non-hydrogen) atoms. The van der Waals surface area contributed by atoms with E-state index < -0.39 is 17.9 Å². The van der Waals surface area contributed by atoms with Gasteiger partial charge in [0.1, 0.15) is 11.8 Å². The summed E-state index contributed by atoms with van der Waals surface area (Å²) in [5.74, 6) is -1.05. The zero-order valence-corrected chi connectivity index (χ0v) is 18.6. The van der Waals surface area contributed by atoms with Gasteiger partial charge in [0.15, 0.2) is 0 Å². The molecule has 3 rings (SSSR count). The van der Waals surface area contributed by atoms with Crippen LogP contribution in [0.15, 0.2) is 59.5 Å². The first-order valence-electron chi connectivity index (χ1n) is 9.98. The third-order valence-electron chi connectivity index (χ3n) is 5.20. The van der Waals surface area contributed by atoms with E-state index >= 15 is 0 Å². The number of aromatic nitrogens is 1. The number of nitrogens with zero attached hydrogens (tertiary/aromatic N) is 1. The molecule has 1 aromatic heterocycles. The molecule has 0 aliphatic heterocycles. The number of carboxylic acid groups (broad SMARTS) is 1. The average molecular weight is 455 g/mol. The molecule has 3 aromatic rings. The molecule has 166 valence electrons. The van der Waals surface area contributed by atoms with Gasteiger partial charge >= 0.3 is 5.97 Å². The maximum absolute atomic E-state index is 12.9. The number of anilines is 1. The first-order chi connectivity index (χ1) is 15.2. The number of hydrogen-bond donors (Lipinski definition) is 2. The van der Waals surface area contributed by atoms with Crippen molar-refractivity contribution in [3.05, 3.63) is 81.2 Å². The highest BCUT2D eigenvalue weighted by Gasteiger charge is 2.20. The summed E-state index contributed by atoms with van der Waals surface area (Å²) >= 11 is 6.18. The fourth-order valence-corrected chi connectivity index (χ4v) is 3.55. The second-order valence-corrected chi connectivity index (χ2v) is 7.64. The number of amides is 1. The van der Waals surface area contributed by atoms with E-state index in [-0.39, 0.29) is 11.1 Å². The number of carbonyl (C=O) groups excluding carboxylic acids is 1. The largest absolute Gasteiger partial charge is 0.495 e. The molecule has 2 N–H and O–H groups in total. The lowest BCUT2D eigenvalue weighted by atomic mass is 9.98. The van der Waals surface area contributed by atoms with Crippen LogP contribution in [0.5, 0.6) is 5.75 Å². The van der Waals surface area contributed by atoms with E-state index in [1.54, 1.807) is 19.1 Å². The van der Waals surface area contributed by atoms with Crippen LogP contribution in [0, 0.1) is 0 Å². The highest BCUT2D eigenvalue weighted by Crippen LogP contribution is 2.33. The van der Waals surface area contributed by atoms with Gasteiger partial charge in [0.2, 0.25) is 5.91 Å². The Labute approximate surface area is 190 Å². The van der Waals surface area contributed by atoms with Crippen LogP contribution in [0.2, 0.25) is 5.02 Å². The highest BCUT2D eigenvalue weighted by atomic mass is 35.5. The number of hydrogen-bond acceptors (Lipinski definition) is 4. The number of carbonyl (C=O) groups is 2. The molecule has 1 atom stereocenters. The fourth-order valence-electron chi connectivity index (χ4n) is 3.38. The number of carboxylic acids is 1. The van der Waals surface area contributed by atoms with E-state index in [1.165, 1.54) is 48.2 Å². The van der Waals surface area contributed by atoms with E-state index in [1.807, 2.05) is 13.0 Å². The van der Waals surface area contributed by atoms with E-state index in [0.29, 0.717) is 22.0 Å². The lowest BCUT2D eigenvalue weighted by Crippen LogP contribution is -2.31. The van der Waals surface area contributed by atoms with Gasteiger partial charge in [0.05, 0.1) is 18.9 Å². The molecule has 0 spiro atoms. The lowest BCUT2D eigenvalue weighted by Gasteiger charge is -2.19. The smallest absolute Gasteiger partial charge is 0.335 e. The molecule has 2 aromatic carbocycles. The van der Waals surface area contributed by atoms with Gasteiger partial charge in [-0.25, -0.2) is 4.79 Å². The maximum Gasteiger partial charge on any atom is 0.335 e. The molecule has 0 bridgehead atoms. The number of halogens is 1. The first-order valence-corrected chi connectivity index (χ1v) is 10.4. The van der Waals surface area contributed by atoms with Gasteiger partial charge in [-0.3, -0.25) is 14.2 Å². The summed E-state index contributed by atoms with van der Waals surface area (Å²) in [4.78, 5) is 36.6. The third-order valence-corrected chi connectivity index (χ3v) is 5.44. The Morgan fingerprint density at radius 1 is 1.12 bits per heavy atom. The molecule has 8 heteroatoms. The summed E-state index contributed by atoms with van der Waals surface area (Å²) in [6.45, 7) is 3.61. The van der Waals surface area contributed by atoms with Crippen molar-refractivity contribution < 1.29 is 19.4 Å². The average Bonchev–Trinajstić information content (AvgIpc) is 2.78. The number of benzene rings is 2. The van der Waals surface area contributed by atoms with E-state index in [0.717, 1.165) is 17.5 Å². The number of pyridine rings is 1. The summed E-state index contributed by atoms with van der Waals surface area (Å²) in [6.07, 6.45) is 2.26. The molecule has 1 heterocycles. The molecular formula is C24H23ClN2O5. The zero-order valence-electron chi connectivity index (χ0n) is 17.9. The fraction of sp³-hybridized carbons (Fsp3) is 0.208. The van der Waals surface area contributed by atoms with Gasteiger partial charge in [-0.15, -0.1) is 0 Å². The molecule has 0 fully saturated rings. The minimum Gasteiger partial charge on any atom is -0.495 e. The Kier molecular flexibility index (Phi) is 7.00. The third kappa shape index (κ3) is 4.84. The SMILES string of the molecule is CCc1ccc(Cl)cc1-c1cc(=O)n([C@H](C)C(=O)Nc2ccc(C(=O)O)cc2)cc1OC. The molecular weight excluding hydrogens is 432 g/mol. The van der Waals surface area contributed by atoms with E-state index in [9.17, 15) is 14.4 Å². The topological polar surface area (TPSA) is 97.6 Å². The van der Waals surface area contributed by atoms with Crippen molar-refractivity contribution in [3.8, 4) is 16.9 Å². The predicted octanol–water partition coefficient (Wildman–Crippen LogP) is 4.64. The van der Waals surface area contributed by atoms with Gasteiger partial charge in [0.25, 0.3) is 5.56 Å². The molecule has 0 radical (unpaired) electrons. The normalized spacial score (nSPS) is 11.6. The van der Waals surface area contributed by atoms with Crippen molar-refractivity contribution in [1.29, 1.82) is 0 Å². The molecule has 7 nitrogen and oxygen atoms in total. The Hall–Kier alpha value is -3.58. The van der Waals surface area contributed by atoms with E-state index in [4.69, 9.17) is 21.4 Å². The Bertz CT molecular complexity index is 1220. The lowest BCUT2D eigenvalue weighted by molar-refractivity contribution is -0.118. The second-order valence-electron chi connectivity index (χ2n) is 7.20. The van der Waals surface area contributed by atoms with Crippen LogP contribution in [-0.2, 0) is 11.2 Å². The number of aromatic carboxylic acids is 1. The van der Waals surface area contributed by atoms with Crippen molar-refractivity contribution in [2.75, 3.05) is 12.4 Å². The van der Waals surface area contributed by atoms with Crippen LogP contribution >= 0.6 is 11.6 Å². The number of ether oxygens (including phenoxy) is 1. The monoisotopic (exact) mass is 454 g/mol. The Morgan fingerprint density at radius 2 is 1.81 bits per heavy atom. The molecule has 0 aliphatic rings. The van der Waals surface area contributed by atoms with Gasteiger partial charge in [-0.05, 0) is 60.9 Å². The van der Waals surface area contributed by atoms with Crippen molar-refractivity contribution in [3.63, 3.8) is 0 Å². The number of aryl methyl sites for hydroxylation is 1. The quantitative estimate of drug-likeness (QED) is 0.542. The number of methoxy groups -OCH3 is 1. The van der Waals surface area contributed by atoms with Crippen LogP contribution in [0.1, 0.15) is 35.8 Å². The second kappa shape index (κ2) is 9.70. The Morgan fingerprint density at radius 3 is 2.41 bits per heavy atom. The van der Waals surface area contributed by atoms with Crippen molar-refractivity contribution in [2.24, 2.45) is 0 Å². The zero-order chi connectivity index (χ0) is 23.4. The van der Waals surface area contributed by atoms with E-state index in [2.05, 4.69) is 5.32 Å². The minimum atomic E-state index is -1.05. The number of nitrogens with one attached hydrogen (secondary N) is 1. The van der Waals surface area contributed by atoms with Crippen LogP contribution in [0.4, 0.5) is 5.69 Å².